The van der Waals surface area contributed by atoms with Gasteiger partial charge in [0.15, 0.2) is 0 Å². The van der Waals surface area contributed by atoms with Crippen LogP contribution in [0.2, 0.25) is 5.02 Å². The zero-order valence-electron chi connectivity index (χ0n) is 11.5. The van der Waals surface area contributed by atoms with Gasteiger partial charge in [-0.25, -0.2) is 5.43 Å². The molecular formula is C16H15ClN2O2. The molecule has 2 aromatic rings. The molecule has 108 valence electrons. The molecule has 0 radical (unpaired) electrons. The summed E-state index contributed by atoms with van der Waals surface area (Å²) in [4.78, 5) is 11.8. The molecule has 0 saturated heterocycles. The maximum atomic E-state index is 11.8. The van der Waals surface area contributed by atoms with Crippen molar-refractivity contribution >= 4 is 23.7 Å². The lowest BCUT2D eigenvalue weighted by atomic mass is 10.1. The Morgan fingerprint density at radius 1 is 1.24 bits per heavy atom. The molecule has 0 atom stereocenters. The maximum Gasteiger partial charge on any atom is 0.244 e. The Labute approximate surface area is 128 Å². The summed E-state index contributed by atoms with van der Waals surface area (Å²) in [6.07, 6.45) is 1.78. The third kappa shape index (κ3) is 4.61. The highest BCUT2D eigenvalue weighted by atomic mass is 35.5. The third-order valence-corrected chi connectivity index (χ3v) is 3.17. The Morgan fingerprint density at radius 3 is 2.62 bits per heavy atom. The van der Waals surface area contributed by atoms with Gasteiger partial charge in [0.2, 0.25) is 5.91 Å². The van der Waals surface area contributed by atoms with Gasteiger partial charge in [-0.3, -0.25) is 4.79 Å². The van der Waals surface area contributed by atoms with E-state index in [-0.39, 0.29) is 12.3 Å². The molecule has 2 aromatic carbocycles. The first-order valence-electron chi connectivity index (χ1n) is 6.38. The number of nitrogens with zero attached hydrogens (tertiary/aromatic N) is 1. The van der Waals surface area contributed by atoms with Gasteiger partial charge in [-0.15, -0.1) is 0 Å². The molecule has 21 heavy (non-hydrogen) atoms. The summed E-state index contributed by atoms with van der Waals surface area (Å²) in [5.41, 5.74) is 4.12. The fourth-order valence-corrected chi connectivity index (χ4v) is 1.91. The molecule has 5 heteroatoms. The van der Waals surface area contributed by atoms with Gasteiger partial charge >= 0.3 is 0 Å². The van der Waals surface area contributed by atoms with Crippen molar-refractivity contribution in [2.24, 2.45) is 5.10 Å². The van der Waals surface area contributed by atoms with Crippen molar-refractivity contribution in [3.63, 3.8) is 0 Å². The summed E-state index contributed by atoms with van der Waals surface area (Å²) in [7, 11) is 1.60. The predicted molar refractivity (Wildman–Crippen MR) is 83.9 cm³/mol. The van der Waals surface area contributed by atoms with E-state index in [2.05, 4.69) is 10.5 Å². The van der Waals surface area contributed by atoms with Crippen LogP contribution >= 0.6 is 11.6 Å². The van der Waals surface area contributed by atoms with Crippen LogP contribution < -0.4 is 10.2 Å². The molecule has 0 heterocycles. The van der Waals surface area contributed by atoms with Gasteiger partial charge in [0.1, 0.15) is 5.75 Å². The van der Waals surface area contributed by atoms with E-state index in [1.807, 2.05) is 42.5 Å². The SMILES string of the molecule is COc1ccc(CC(=O)N/N=C\c2ccccc2Cl)cc1. The molecule has 0 unspecified atom stereocenters. The van der Waals surface area contributed by atoms with Crippen molar-refractivity contribution in [1.82, 2.24) is 5.43 Å². The number of hydrogen-bond donors (Lipinski definition) is 1. The summed E-state index contributed by atoms with van der Waals surface area (Å²) < 4.78 is 5.06. The largest absolute Gasteiger partial charge is 0.497 e. The molecular weight excluding hydrogens is 288 g/mol. The van der Waals surface area contributed by atoms with Gasteiger partial charge < -0.3 is 4.74 Å². The molecule has 0 fully saturated rings. The number of halogens is 1. The van der Waals surface area contributed by atoms with Gasteiger partial charge in [0.25, 0.3) is 0 Å². The van der Waals surface area contributed by atoms with E-state index in [1.165, 1.54) is 6.21 Å². The number of nitrogens with one attached hydrogen (secondary N) is 1. The first-order valence-corrected chi connectivity index (χ1v) is 6.76. The second-order valence-corrected chi connectivity index (χ2v) is 4.75. The predicted octanol–water partition coefficient (Wildman–Crippen LogP) is 3.04. The van der Waals surface area contributed by atoms with Crippen molar-refractivity contribution < 1.29 is 9.53 Å². The lowest BCUT2D eigenvalue weighted by Crippen LogP contribution is -2.19. The zero-order valence-corrected chi connectivity index (χ0v) is 12.3. The normalized spacial score (nSPS) is 10.6. The lowest BCUT2D eigenvalue weighted by Gasteiger charge is -2.03. The summed E-state index contributed by atoms with van der Waals surface area (Å²) in [5, 5.41) is 4.49. The molecule has 4 nitrogen and oxygen atoms in total. The molecule has 0 aliphatic heterocycles. The number of rotatable bonds is 5. The number of hydrazone groups is 1. The van der Waals surface area contributed by atoms with Crippen LogP contribution in [0.15, 0.2) is 53.6 Å². The minimum atomic E-state index is -0.191. The minimum Gasteiger partial charge on any atom is -0.497 e. The summed E-state index contributed by atoms with van der Waals surface area (Å²) >= 11 is 5.98. The number of amides is 1. The Hall–Kier alpha value is -2.33. The number of carbonyl (C=O) groups excluding carboxylic acids is 1. The fraction of sp³-hybridized carbons (Fsp3) is 0.125. The average Bonchev–Trinajstić information content (AvgIpc) is 2.50. The van der Waals surface area contributed by atoms with Crippen molar-refractivity contribution in [3.8, 4) is 5.75 Å². The van der Waals surface area contributed by atoms with Crippen LogP contribution in [0.1, 0.15) is 11.1 Å². The minimum absolute atomic E-state index is 0.191. The summed E-state index contributed by atoms with van der Waals surface area (Å²) in [6, 6.07) is 14.6. The molecule has 0 spiro atoms. The molecule has 0 aliphatic carbocycles. The monoisotopic (exact) mass is 302 g/mol. The Balaban J connectivity index is 1.88. The molecule has 0 bridgehead atoms. The number of hydrogen-bond acceptors (Lipinski definition) is 3. The van der Waals surface area contributed by atoms with Crippen molar-refractivity contribution in [3.05, 3.63) is 64.7 Å². The van der Waals surface area contributed by atoms with Crippen LogP contribution in [0, 0.1) is 0 Å². The van der Waals surface area contributed by atoms with E-state index >= 15 is 0 Å². The highest BCUT2D eigenvalue weighted by Gasteiger charge is 2.02. The van der Waals surface area contributed by atoms with E-state index in [1.54, 1.807) is 13.2 Å². The van der Waals surface area contributed by atoms with Gasteiger partial charge in [0.05, 0.1) is 19.7 Å². The second kappa shape index (κ2) is 7.45. The summed E-state index contributed by atoms with van der Waals surface area (Å²) in [5.74, 6) is 0.569. The molecule has 2 rings (SSSR count). The van der Waals surface area contributed by atoms with Crippen molar-refractivity contribution in [2.45, 2.75) is 6.42 Å². The van der Waals surface area contributed by atoms with E-state index in [0.29, 0.717) is 5.02 Å². The third-order valence-electron chi connectivity index (χ3n) is 2.82. The van der Waals surface area contributed by atoms with Crippen molar-refractivity contribution in [2.75, 3.05) is 7.11 Å². The topological polar surface area (TPSA) is 50.7 Å². The zero-order chi connectivity index (χ0) is 15.1. The highest BCUT2D eigenvalue weighted by molar-refractivity contribution is 6.33. The van der Waals surface area contributed by atoms with E-state index in [9.17, 15) is 4.79 Å². The Kier molecular flexibility index (Phi) is 5.35. The van der Waals surface area contributed by atoms with Crippen LogP contribution in [0.4, 0.5) is 0 Å². The molecule has 0 aromatic heterocycles. The molecule has 1 N–H and O–H groups in total. The van der Waals surface area contributed by atoms with E-state index in [0.717, 1.165) is 16.9 Å². The van der Waals surface area contributed by atoms with E-state index < -0.39 is 0 Å². The number of ether oxygens (including phenoxy) is 1. The van der Waals surface area contributed by atoms with Crippen LogP contribution in [-0.4, -0.2) is 19.2 Å². The smallest absolute Gasteiger partial charge is 0.244 e. The average molecular weight is 303 g/mol. The van der Waals surface area contributed by atoms with E-state index in [4.69, 9.17) is 16.3 Å². The van der Waals surface area contributed by atoms with Gasteiger partial charge in [-0.1, -0.05) is 41.9 Å². The highest BCUT2D eigenvalue weighted by Crippen LogP contribution is 2.12. The van der Waals surface area contributed by atoms with Gasteiger partial charge in [-0.2, -0.15) is 5.10 Å². The lowest BCUT2D eigenvalue weighted by molar-refractivity contribution is -0.120. The number of methoxy groups -OCH3 is 1. The maximum absolute atomic E-state index is 11.8. The number of carbonyl (C=O) groups is 1. The van der Waals surface area contributed by atoms with Crippen LogP contribution in [0.3, 0.4) is 0 Å². The van der Waals surface area contributed by atoms with Crippen molar-refractivity contribution in [1.29, 1.82) is 0 Å². The quantitative estimate of drug-likeness (QED) is 0.682. The Morgan fingerprint density at radius 2 is 1.95 bits per heavy atom. The number of benzene rings is 2. The second-order valence-electron chi connectivity index (χ2n) is 4.34. The Bertz CT molecular complexity index is 639. The van der Waals surface area contributed by atoms with Crippen LogP contribution in [0.5, 0.6) is 5.75 Å². The molecule has 1 amide bonds. The molecule has 0 aliphatic rings. The van der Waals surface area contributed by atoms with Gasteiger partial charge in [0, 0.05) is 10.6 Å². The van der Waals surface area contributed by atoms with Crippen LogP contribution in [-0.2, 0) is 11.2 Å². The summed E-state index contributed by atoms with van der Waals surface area (Å²) in [6.45, 7) is 0. The first kappa shape index (κ1) is 15.1. The standard InChI is InChI=1S/C16H15ClN2O2/c1-21-14-8-6-12(7-9-14)10-16(20)19-18-11-13-4-2-3-5-15(13)17/h2-9,11H,10H2,1H3,(H,19,20)/b18-11-. The molecule has 0 saturated carbocycles. The fourth-order valence-electron chi connectivity index (χ4n) is 1.72. The van der Waals surface area contributed by atoms with Crippen LogP contribution in [0.25, 0.3) is 0 Å². The first-order chi connectivity index (χ1) is 10.2. The van der Waals surface area contributed by atoms with Gasteiger partial charge in [-0.05, 0) is 23.8 Å².